The van der Waals surface area contributed by atoms with Gasteiger partial charge in [0.15, 0.2) is 11.5 Å². The van der Waals surface area contributed by atoms with Crippen molar-refractivity contribution in [3.8, 4) is 11.5 Å². The Balaban J connectivity index is 3.07. The maximum Gasteiger partial charge on any atom is 0.162 e. The van der Waals surface area contributed by atoms with Crippen molar-refractivity contribution < 1.29 is 9.47 Å². The van der Waals surface area contributed by atoms with Crippen molar-refractivity contribution in [1.82, 2.24) is 0 Å². The molecule has 15 heavy (non-hydrogen) atoms. The van der Waals surface area contributed by atoms with E-state index < -0.39 is 0 Å². The maximum absolute atomic E-state index is 6.07. The van der Waals surface area contributed by atoms with Crippen molar-refractivity contribution in [3.05, 3.63) is 22.7 Å². The van der Waals surface area contributed by atoms with E-state index in [-0.39, 0.29) is 0 Å². The van der Waals surface area contributed by atoms with E-state index in [1.807, 2.05) is 19.9 Å². The lowest BCUT2D eigenvalue weighted by Crippen LogP contribution is -1.99. The van der Waals surface area contributed by atoms with Crippen molar-refractivity contribution in [2.45, 2.75) is 19.2 Å². The van der Waals surface area contributed by atoms with E-state index in [0.29, 0.717) is 29.3 Å². The van der Waals surface area contributed by atoms with Gasteiger partial charge in [0.1, 0.15) is 0 Å². The smallest absolute Gasteiger partial charge is 0.162 e. The molecule has 0 saturated heterocycles. The van der Waals surface area contributed by atoms with Crippen molar-refractivity contribution in [3.63, 3.8) is 0 Å². The minimum Gasteiger partial charge on any atom is -0.490 e. The van der Waals surface area contributed by atoms with Crippen molar-refractivity contribution in [2.24, 2.45) is 0 Å². The van der Waals surface area contributed by atoms with Crippen LogP contribution in [0.5, 0.6) is 11.5 Å². The molecule has 0 bridgehead atoms. The van der Waals surface area contributed by atoms with E-state index >= 15 is 0 Å². The average molecular weight is 294 g/mol. The summed E-state index contributed by atoms with van der Waals surface area (Å²) in [5.74, 6) is 1.45. The van der Waals surface area contributed by atoms with Crippen LogP contribution in [0.2, 0.25) is 5.02 Å². The zero-order valence-corrected chi connectivity index (χ0v) is 11.2. The molecule has 0 aliphatic carbocycles. The standard InChI is InChI=1S/C11H14BrClO2/c1-3-14-10-5-8(7-12)9(13)6-11(10)15-4-2/h5-6H,3-4,7H2,1-2H3. The Bertz CT molecular complexity index is 329. The van der Waals surface area contributed by atoms with Crippen LogP contribution in [-0.2, 0) is 5.33 Å². The molecule has 0 aliphatic heterocycles. The molecular formula is C11H14BrClO2. The summed E-state index contributed by atoms with van der Waals surface area (Å²) >= 11 is 9.45. The fraction of sp³-hybridized carbons (Fsp3) is 0.455. The molecule has 1 aromatic rings. The highest BCUT2D eigenvalue weighted by atomic mass is 79.9. The molecule has 0 fully saturated rings. The van der Waals surface area contributed by atoms with Crippen LogP contribution < -0.4 is 9.47 Å². The summed E-state index contributed by atoms with van der Waals surface area (Å²) in [6, 6.07) is 3.71. The highest BCUT2D eigenvalue weighted by molar-refractivity contribution is 9.08. The number of alkyl halides is 1. The third kappa shape index (κ3) is 3.28. The summed E-state index contributed by atoms with van der Waals surface area (Å²) in [4.78, 5) is 0. The predicted octanol–water partition coefficient (Wildman–Crippen LogP) is 4.03. The second-order valence-electron chi connectivity index (χ2n) is 2.89. The van der Waals surface area contributed by atoms with Crippen LogP contribution in [0.1, 0.15) is 19.4 Å². The molecule has 4 heteroatoms. The van der Waals surface area contributed by atoms with Gasteiger partial charge in [-0.25, -0.2) is 0 Å². The molecule has 1 rings (SSSR count). The van der Waals surface area contributed by atoms with Crippen molar-refractivity contribution in [2.75, 3.05) is 13.2 Å². The first-order valence-electron chi connectivity index (χ1n) is 4.86. The second kappa shape index (κ2) is 6.23. The van der Waals surface area contributed by atoms with Gasteiger partial charge in [-0.2, -0.15) is 0 Å². The Morgan fingerprint density at radius 2 is 1.67 bits per heavy atom. The topological polar surface area (TPSA) is 18.5 Å². The molecule has 0 saturated carbocycles. The van der Waals surface area contributed by atoms with Gasteiger partial charge < -0.3 is 9.47 Å². The minimum absolute atomic E-state index is 0.601. The molecule has 0 spiro atoms. The summed E-state index contributed by atoms with van der Waals surface area (Å²) in [6.45, 7) is 5.09. The van der Waals surface area contributed by atoms with Crippen molar-refractivity contribution >= 4 is 27.5 Å². The van der Waals surface area contributed by atoms with Gasteiger partial charge in [-0.3, -0.25) is 0 Å². The average Bonchev–Trinajstić information content (AvgIpc) is 2.22. The van der Waals surface area contributed by atoms with E-state index in [9.17, 15) is 0 Å². The molecule has 0 amide bonds. The van der Waals surface area contributed by atoms with Gasteiger partial charge >= 0.3 is 0 Å². The molecule has 2 nitrogen and oxygen atoms in total. The molecule has 1 aromatic carbocycles. The van der Waals surface area contributed by atoms with Crippen LogP contribution in [-0.4, -0.2) is 13.2 Å². The lowest BCUT2D eigenvalue weighted by atomic mass is 10.2. The number of ether oxygens (including phenoxy) is 2. The summed E-state index contributed by atoms with van der Waals surface area (Å²) in [5, 5.41) is 1.40. The quantitative estimate of drug-likeness (QED) is 0.763. The van der Waals surface area contributed by atoms with E-state index in [1.54, 1.807) is 6.07 Å². The third-order valence-electron chi connectivity index (χ3n) is 1.86. The fourth-order valence-electron chi connectivity index (χ4n) is 1.22. The monoisotopic (exact) mass is 292 g/mol. The van der Waals surface area contributed by atoms with Gasteiger partial charge in [0, 0.05) is 16.4 Å². The van der Waals surface area contributed by atoms with Crippen LogP contribution in [0.4, 0.5) is 0 Å². The second-order valence-corrected chi connectivity index (χ2v) is 3.86. The van der Waals surface area contributed by atoms with Gasteiger partial charge in [-0.05, 0) is 25.5 Å². The third-order valence-corrected chi connectivity index (χ3v) is 2.81. The number of hydrogen-bond acceptors (Lipinski definition) is 2. The first kappa shape index (κ1) is 12.7. The molecule has 0 radical (unpaired) electrons. The SMILES string of the molecule is CCOc1cc(Cl)c(CBr)cc1OCC. The summed E-state index contributed by atoms with van der Waals surface area (Å²) in [7, 11) is 0. The molecule has 0 unspecified atom stereocenters. The summed E-state index contributed by atoms with van der Waals surface area (Å²) in [6.07, 6.45) is 0. The van der Waals surface area contributed by atoms with Crippen LogP contribution >= 0.6 is 27.5 Å². The van der Waals surface area contributed by atoms with Gasteiger partial charge in [0.25, 0.3) is 0 Å². The zero-order valence-electron chi connectivity index (χ0n) is 8.85. The molecular weight excluding hydrogens is 279 g/mol. The molecule has 0 atom stereocenters. The highest BCUT2D eigenvalue weighted by Crippen LogP contribution is 2.34. The van der Waals surface area contributed by atoms with Gasteiger partial charge in [-0.15, -0.1) is 0 Å². The Labute approximate surface area is 104 Å². The maximum atomic E-state index is 6.07. The van der Waals surface area contributed by atoms with E-state index in [2.05, 4.69) is 15.9 Å². The first-order valence-corrected chi connectivity index (χ1v) is 6.36. The van der Waals surface area contributed by atoms with Gasteiger partial charge in [0.05, 0.1) is 13.2 Å². The number of hydrogen-bond donors (Lipinski definition) is 0. The number of halogens is 2. The first-order chi connectivity index (χ1) is 7.22. The summed E-state index contributed by atoms with van der Waals surface area (Å²) < 4.78 is 10.9. The van der Waals surface area contributed by atoms with Gasteiger partial charge in [0.2, 0.25) is 0 Å². The molecule has 0 heterocycles. The molecule has 0 aliphatic rings. The normalized spacial score (nSPS) is 10.1. The Hall–Kier alpha value is -0.410. The largest absolute Gasteiger partial charge is 0.490 e. The van der Waals surface area contributed by atoms with E-state index in [0.717, 1.165) is 11.3 Å². The van der Waals surface area contributed by atoms with Crippen LogP contribution in [0.25, 0.3) is 0 Å². The fourth-order valence-corrected chi connectivity index (χ4v) is 2.06. The minimum atomic E-state index is 0.601. The highest BCUT2D eigenvalue weighted by Gasteiger charge is 2.09. The summed E-state index contributed by atoms with van der Waals surface area (Å²) in [5.41, 5.74) is 1.00. The lowest BCUT2D eigenvalue weighted by molar-refractivity contribution is 0.287. The van der Waals surface area contributed by atoms with Crippen molar-refractivity contribution in [1.29, 1.82) is 0 Å². The molecule has 0 N–H and O–H groups in total. The lowest BCUT2D eigenvalue weighted by Gasteiger charge is -2.12. The van der Waals surface area contributed by atoms with Crippen LogP contribution in [0, 0.1) is 0 Å². The Morgan fingerprint density at radius 3 is 2.13 bits per heavy atom. The van der Waals surface area contributed by atoms with Crippen LogP contribution in [0.3, 0.4) is 0 Å². The molecule has 0 aromatic heterocycles. The number of benzene rings is 1. The number of rotatable bonds is 5. The predicted molar refractivity (Wildman–Crippen MR) is 66.4 cm³/mol. The molecule has 84 valence electrons. The van der Waals surface area contributed by atoms with Crippen LogP contribution in [0.15, 0.2) is 12.1 Å². The van der Waals surface area contributed by atoms with E-state index in [1.165, 1.54) is 0 Å². The Kier molecular flexibility index (Phi) is 5.26. The zero-order chi connectivity index (χ0) is 11.3. The van der Waals surface area contributed by atoms with E-state index in [4.69, 9.17) is 21.1 Å². The van der Waals surface area contributed by atoms with Gasteiger partial charge in [-0.1, -0.05) is 27.5 Å². The Morgan fingerprint density at radius 1 is 1.13 bits per heavy atom.